The largest absolute Gasteiger partial charge is 0.481 e. The molecule has 2 fully saturated rings. The van der Waals surface area contributed by atoms with E-state index < -0.39 is 17.5 Å². The lowest BCUT2D eigenvalue weighted by Crippen LogP contribution is -2.43. The van der Waals surface area contributed by atoms with E-state index in [0.29, 0.717) is 39.0 Å². The number of carbonyl (C=O) groups is 2. The maximum atomic E-state index is 12.5. The Morgan fingerprint density at radius 2 is 1.85 bits per heavy atom. The first-order valence-electron chi connectivity index (χ1n) is 7.29. The van der Waals surface area contributed by atoms with E-state index in [2.05, 4.69) is 0 Å². The second-order valence-corrected chi connectivity index (χ2v) is 6.45. The molecule has 2 aliphatic rings. The van der Waals surface area contributed by atoms with Crippen LogP contribution in [0, 0.1) is 11.8 Å². The van der Waals surface area contributed by atoms with Crippen LogP contribution in [0.4, 0.5) is 4.79 Å². The van der Waals surface area contributed by atoms with Gasteiger partial charge in [-0.1, -0.05) is 6.92 Å². The van der Waals surface area contributed by atoms with Gasteiger partial charge in [-0.25, -0.2) is 4.79 Å². The third-order valence-electron chi connectivity index (χ3n) is 4.53. The third kappa shape index (κ3) is 3.23. The molecule has 6 heteroatoms. The van der Waals surface area contributed by atoms with Crippen LogP contribution in [-0.2, 0) is 4.79 Å². The van der Waals surface area contributed by atoms with Gasteiger partial charge >= 0.3 is 12.0 Å². The Bertz CT molecular complexity index is 397. The van der Waals surface area contributed by atoms with Crippen LogP contribution in [0.1, 0.15) is 33.1 Å². The quantitative estimate of drug-likeness (QED) is 0.752. The van der Waals surface area contributed by atoms with Gasteiger partial charge in [-0.15, -0.1) is 0 Å². The predicted octanol–water partition coefficient (Wildman–Crippen LogP) is 0.996. The van der Waals surface area contributed by atoms with Gasteiger partial charge < -0.3 is 20.0 Å². The van der Waals surface area contributed by atoms with E-state index in [1.807, 2.05) is 6.92 Å². The fourth-order valence-corrected chi connectivity index (χ4v) is 3.10. The van der Waals surface area contributed by atoms with Crippen LogP contribution in [0.3, 0.4) is 0 Å². The first-order chi connectivity index (χ1) is 9.30. The van der Waals surface area contributed by atoms with Crippen molar-refractivity contribution in [2.24, 2.45) is 11.8 Å². The SMILES string of the molecule is C[C@@H]1CN(C(=O)N2CCCC(C)(O)CC2)C[C@H]1C(=O)O. The molecule has 2 amide bonds. The van der Waals surface area contributed by atoms with Gasteiger partial charge in [0.15, 0.2) is 0 Å². The van der Waals surface area contributed by atoms with E-state index in [1.165, 1.54) is 0 Å². The minimum atomic E-state index is -0.827. The highest BCUT2D eigenvalue weighted by Crippen LogP contribution is 2.26. The van der Waals surface area contributed by atoms with E-state index in [9.17, 15) is 14.7 Å². The smallest absolute Gasteiger partial charge is 0.320 e. The second kappa shape index (κ2) is 5.60. The normalized spacial score (nSPS) is 35.0. The number of aliphatic hydroxyl groups is 1. The molecular formula is C14H24N2O4. The van der Waals surface area contributed by atoms with Crippen LogP contribution >= 0.6 is 0 Å². The lowest BCUT2D eigenvalue weighted by Gasteiger charge is -2.27. The van der Waals surface area contributed by atoms with Crippen LogP contribution in [0.5, 0.6) is 0 Å². The molecule has 6 nitrogen and oxygen atoms in total. The Labute approximate surface area is 119 Å². The summed E-state index contributed by atoms with van der Waals surface area (Å²) in [5.41, 5.74) is -0.697. The molecule has 0 saturated carbocycles. The fourth-order valence-electron chi connectivity index (χ4n) is 3.10. The maximum absolute atomic E-state index is 12.5. The molecule has 0 aromatic rings. The van der Waals surface area contributed by atoms with Crippen molar-refractivity contribution in [1.29, 1.82) is 0 Å². The molecule has 3 atom stereocenters. The van der Waals surface area contributed by atoms with Gasteiger partial charge in [0, 0.05) is 26.2 Å². The minimum Gasteiger partial charge on any atom is -0.481 e. The van der Waals surface area contributed by atoms with Crippen molar-refractivity contribution in [3.63, 3.8) is 0 Å². The number of nitrogens with zero attached hydrogens (tertiary/aromatic N) is 2. The van der Waals surface area contributed by atoms with Gasteiger partial charge in [0.2, 0.25) is 0 Å². The molecule has 1 unspecified atom stereocenters. The molecule has 0 aromatic heterocycles. The Morgan fingerprint density at radius 3 is 2.45 bits per heavy atom. The average molecular weight is 284 g/mol. The first-order valence-corrected chi connectivity index (χ1v) is 7.29. The number of carbonyl (C=O) groups excluding carboxylic acids is 1. The van der Waals surface area contributed by atoms with Gasteiger partial charge in [0.25, 0.3) is 0 Å². The molecule has 2 rings (SSSR count). The molecule has 2 aliphatic heterocycles. The Balaban J connectivity index is 1.97. The summed E-state index contributed by atoms with van der Waals surface area (Å²) in [7, 11) is 0. The van der Waals surface area contributed by atoms with Crippen LogP contribution in [0.2, 0.25) is 0 Å². The molecule has 0 bridgehead atoms. The van der Waals surface area contributed by atoms with Crippen molar-refractivity contribution in [1.82, 2.24) is 9.80 Å². The summed E-state index contributed by atoms with van der Waals surface area (Å²) in [5.74, 6) is -1.30. The van der Waals surface area contributed by atoms with Gasteiger partial charge in [-0.05, 0) is 32.1 Å². The van der Waals surface area contributed by atoms with Crippen LogP contribution in [0.15, 0.2) is 0 Å². The second-order valence-electron chi connectivity index (χ2n) is 6.45. The Kier molecular flexibility index (Phi) is 4.22. The Morgan fingerprint density at radius 1 is 1.15 bits per heavy atom. The number of urea groups is 1. The van der Waals surface area contributed by atoms with Crippen LogP contribution < -0.4 is 0 Å². The molecular weight excluding hydrogens is 260 g/mol. The fraction of sp³-hybridized carbons (Fsp3) is 0.857. The van der Waals surface area contributed by atoms with Gasteiger partial charge in [-0.3, -0.25) is 4.79 Å². The summed E-state index contributed by atoms with van der Waals surface area (Å²) in [4.78, 5) is 27.0. The number of rotatable bonds is 1. The number of hydrogen-bond acceptors (Lipinski definition) is 3. The van der Waals surface area contributed by atoms with E-state index in [-0.39, 0.29) is 11.9 Å². The molecule has 114 valence electrons. The van der Waals surface area contributed by atoms with Crippen LogP contribution in [0.25, 0.3) is 0 Å². The molecule has 2 N–H and O–H groups in total. The highest BCUT2D eigenvalue weighted by Gasteiger charge is 2.39. The summed E-state index contributed by atoms with van der Waals surface area (Å²) in [6.45, 7) is 5.65. The zero-order valence-electron chi connectivity index (χ0n) is 12.2. The van der Waals surface area contributed by atoms with Crippen molar-refractivity contribution < 1.29 is 19.8 Å². The zero-order chi connectivity index (χ0) is 14.9. The maximum Gasteiger partial charge on any atom is 0.320 e. The molecule has 0 aromatic carbocycles. The van der Waals surface area contributed by atoms with E-state index in [4.69, 9.17) is 5.11 Å². The highest BCUT2D eigenvalue weighted by atomic mass is 16.4. The van der Waals surface area contributed by atoms with E-state index in [0.717, 1.165) is 6.42 Å². The summed E-state index contributed by atoms with van der Waals surface area (Å²) < 4.78 is 0. The van der Waals surface area contributed by atoms with Crippen LogP contribution in [-0.4, -0.2) is 63.8 Å². The minimum absolute atomic E-state index is 0.00784. The van der Waals surface area contributed by atoms with E-state index in [1.54, 1.807) is 16.7 Å². The van der Waals surface area contributed by atoms with Crippen molar-refractivity contribution in [2.75, 3.05) is 26.2 Å². The molecule has 0 radical (unpaired) electrons. The number of aliphatic carboxylic acids is 1. The average Bonchev–Trinajstić information content (AvgIpc) is 2.65. The van der Waals surface area contributed by atoms with Gasteiger partial charge in [-0.2, -0.15) is 0 Å². The monoisotopic (exact) mass is 284 g/mol. The number of hydrogen-bond donors (Lipinski definition) is 2. The predicted molar refractivity (Wildman–Crippen MR) is 73.3 cm³/mol. The van der Waals surface area contributed by atoms with Gasteiger partial charge in [0.1, 0.15) is 0 Å². The summed E-state index contributed by atoms with van der Waals surface area (Å²) in [5, 5.41) is 19.2. The van der Waals surface area contributed by atoms with Gasteiger partial charge in [0.05, 0.1) is 11.5 Å². The van der Waals surface area contributed by atoms with Crippen molar-refractivity contribution in [2.45, 2.75) is 38.7 Å². The highest BCUT2D eigenvalue weighted by molar-refractivity contribution is 5.77. The third-order valence-corrected chi connectivity index (χ3v) is 4.53. The van der Waals surface area contributed by atoms with Crippen molar-refractivity contribution >= 4 is 12.0 Å². The topological polar surface area (TPSA) is 81.1 Å². The lowest BCUT2D eigenvalue weighted by atomic mass is 9.98. The molecule has 2 saturated heterocycles. The lowest BCUT2D eigenvalue weighted by molar-refractivity contribution is -0.142. The van der Waals surface area contributed by atoms with E-state index >= 15 is 0 Å². The zero-order valence-corrected chi connectivity index (χ0v) is 12.2. The molecule has 2 heterocycles. The number of likely N-dealkylation sites (tertiary alicyclic amines) is 2. The number of amides is 2. The Hall–Kier alpha value is -1.30. The summed E-state index contributed by atoms with van der Waals surface area (Å²) in [6, 6.07) is -0.0849. The molecule has 0 aliphatic carbocycles. The summed E-state index contributed by atoms with van der Waals surface area (Å²) >= 11 is 0. The molecule has 0 spiro atoms. The standard InChI is InChI=1S/C14H24N2O4/c1-10-8-16(9-11(10)12(17)18)13(19)15-6-3-4-14(2,20)5-7-15/h10-11,20H,3-9H2,1-2H3,(H,17,18)/t10-,11-,14?/m1/s1. The summed E-state index contributed by atoms with van der Waals surface area (Å²) in [6.07, 6.45) is 2.06. The molecule has 20 heavy (non-hydrogen) atoms. The number of carboxylic acids is 1. The van der Waals surface area contributed by atoms with Crippen molar-refractivity contribution in [3.05, 3.63) is 0 Å². The number of carboxylic acid groups (broad SMARTS) is 1. The van der Waals surface area contributed by atoms with Crippen molar-refractivity contribution in [3.8, 4) is 0 Å². The first kappa shape index (κ1) is 15.1.